The Morgan fingerprint density at radius 1 is 1.25 bits per heavy atom. The predicted molar refractivity (Wildman–Crippen MR) is 88.9 cm³/mol. The van der Waals surface area contributed by atoms with Gasteiger partial charge in [-0.2, -0.15) is 0 Å². The first-order chi connectivity index (χ1) is 11.0. The second kappa shape index (κ2) is 6.12. The Hall–Kier alpha value is -2.61. The van der Waals surface area contributed by atoms with Crippen molar-refractivity contribution in [1.82, 2.24) is 13.9 Å². The SMILES string of the molecule is CN(C)CC(C)(C)Cn1ccn2cc(C(=O)O)c(=O)c(O)c2c1=O. The van der Waals surface area contributed by atoms with Gasteiger partial charge in [-0.25, -0.2) is 4.79 Å². The lowest BCUT2D eigenvalue weighted by Crippen LogP contribution is -2.36. The van der Waals surface area contributed by atoms with E-state index >= 15 is 0 Å². The van der Waals surface area contributed by atoms with Crippen LogP contribution in [0.4, 0.5) is 0 Å². The molecular formula is C16H21N3O5. The molecule has 0 aliphatic rings. The van der Waals surface area contributed by atoms with Crippen LogP contribution < -0.4 is 11.0 Å². The molecule has 2 N–H and O–H groups in total. The summed E-state index contributed by atoms with van der Waals surface area (Å²) in [5.41, 5.74) is -2.65. The summed E-state index contributed by atoms with van der Waals surface area (Å²) in [5, 5.41) is 19.0. The molecule has 0 bridgehead atoms. The number of aromatic hydroxyl groups is 1. The van der Waals surface area contributed by atoms with E-state index in [0.717, 1.165) is 17.1 Å². The molecule has 0 saturated carbocycles. The van der Waals surface area contributed by atoms with Crippen molar-refractivity contribution in [3.05, 3.63) is 44.7 Å². The summed E-state index contributed by atoms with van der Waals surface area (Å²) in [7, 11) is 3.87. The summed E-state index contributed by atoms with van der Waals surface area (Å²) in [4.78, 5) is 37.6. The largest absolute Gasteiger partial charge is 0.503 e. The number of carbonyl (C=O) groups is 1. The van der Waals surface area contributed by atoms with Crippen LogP contribution >= 0.6 is 0 Å². The first-order valence-corrected chi connectivity index (χ1v) is 7.39. The van der Waals surface area contributed by atoms with Gasteiger partial charge in [-0.05, 0) is 19.5 Å². The molecule has 24 heavy (non-hydrogen) atoms. The van der Waals surface area contributed by atoms with E-state index in [4.69, 9.17) is 5.11 Å². The number of hydrogen-bond acceptors (Lipinski definition) is 5. The molecule has 2 heterocycles. The third-order valence-corrected chi connectivity index (χ3v) is 3.65. The molecule has 2 rings (SSSR count). The summed E-state index contributed by atoms with van der Waals surface area (Å²) in [5.74, 6) is -2.30. The lowest BCUT2D eigenvalue weighted by Gasteiger charge is -2.29. The monoisotopic (exact) mass is 335 g/mol. The van der Waals surface area contributed by atoms with E-state index < -0.39 is 28.3 Å². The minimum atomic E-state index is -1.46. The molecule has 2 aromatic heterocycles. The van der Waals surface area contributed by atoms with Crippen molar-refractivity contribution in [2.24, 2.45) is 5.41 Å². The van der Waals surface area contributed by atoms with Crippen LogP contribution in [-0.2, 0) is 6.54 Å². The van der Waals surface area contributed by atoms with Crippen molar-refractivity contribution in [3.8, 4) is 5.75 Å². The summed E-state index contributed by atoms with van der Waals surface area (Å²) in [6.45, 7) is 5.13. The standard InChI is InChI=1S/C16H21N3O5/c1-16(2,8-17(3)4)9-19-6-5-18-7-10(15(23)24)12(20)13(21)11(18)14(19)22/h5-7,21H,8-9H2,1-4H3,(H,23,24). The van der Waals surface area contributed by atoms with E-state index in [9.17, 15) is 19.5 Å². The molecule has 0 spiro atoms. The fraction of sp³-hybridized carbons (Fsp3) is 0.438. The lowest BCUT2D eigenvalue weighted by atomic mass is 9.93. The van der Waals surface area contributed by atoms with Crippen molar-refractivity contribution in [2.45, 2.75) is 20.4 Å². The number of carboxylic acid groups (broad SMARTS) is 1. The number of aromatic nitrogens is 2. The maximum absolute atomic E-state index is 12.6. The fourth-order valence-electron chi connectivity index (χ4n) is 2.95. The molecule has 8 nitrogen and oxygen atoms in total. The van der Waals surface area contributed by atoms with E-state index in [1.807, 2.05) is 32.8 Å². The van der Waals surface area contributed by atoms with Crippen molar-refractivity contribution >= 4 is 11.5 Å². The van der Waals surface area contributed by atoms with Gasteiger partial charge >= 0.3 is 5.97 Å². The van der Waals surface area contributed by atoms with Crippen LogP contribution in [0.1, 0.15) is 24.2 Å². The number of rotatable bonds is 5. The molecule has 0 radical (unpaired) electrons. The van der Waals surface area contributed by atoms with Crippen LogP contribution in [0.3, 0.4) is 0 Å². The molecule has 0 amide bonds. The predicted octanol–water partition coefficient (Wildman–Crippen LogP) is 0.453. The summed E-state index contributed by atoms with van der Waals surface area (Å²) in [6.07, 6.45) is 4.01. The van der Waals surface area contributed by atoms with E-state index in [1.165, 1.54) is 17.0 Å². The lowest BCUT2D eigenvalue weighted by molar-refractivity contribution is 0.0694. The maximum atomic E-state index is 12.6. The van der Waals surface area contributed by atoms with Crippen molar-refractivity contribution in [3.63, 3.8) is 0 Å². The van der Waals surface area contributed by atoms with Crippen LogP contribution in [0.25, 0.3) is 5.52 Å². The minimum absolute atomic E-state index is 0.220. The average Bonchev–Trinajstić information content (AvgIpc) is 2.43. The highest BCUT2D eigenvalue weighted by molar-refractivity contribution is 5.88. The van der Waals surface area contributed by atoms with Gasteiger partial charge in [0.25, 0.3) is 5.56 Å². The molecule has 2 aromatic rings. The molecule has 0 aliphatic heterocycles. The Balaban J connectivity index is 2.62. The normalized spacial score (nSPS) is 12.0. The highest BCUT2D eigenvalue weighted by Gasteiger charge is 2.22. The Kier molecular flexibility index (Phi) is 4.52. The van der Waals surface area contributed by atoms with Crippen molar-refractivity contribution in [2.75, 3.05) is 20.6 Å². The van der Waals surface area contributed by atoms with Crippen molar-refractivity contribution in [1.29, 1.82) is 0 Å². The maximum Gasteiger partial charge on any atom is 0.341 e. The van der Waals surface area contributed by atoms with Gasteiger partial charge in [0, 0.05) is 31.7 Å². The topological polar surface area (TPSA) is 104 Å². The van der Waals surface area contributed by atoms with Crippen LogP contribution in [0.15, 0.2) is 28.2 Å². The molecule has 130 valence electrons. The Labute approximate surface area is 138 Å². The first kappa shape index (κ1) is 17.7. The first-order valence-electron chi connectivity index (χ1n) is 7.39. The summed E-state index contributed by atoms with van der Waals surface area (Å²) >= 11 is 0. The molecule has 0 atom stereocenters. The zero-order chi connectivity index (χ0) is 18.2. The van der Waals surface area contributed by atoms with E-state index in [1.54, 1.807) is 0 Å². The Morgan fingerprint density at radius 2 is 1.88 bits per heavy atom. The third kappa shape index (κ3) is 3.33. The van der Waals surface area contributed by atoms with Gasteiger partial charge in [0.05, 0.1) is 0 Å². The van der Waals surface area contributed by atoms with E-state index in [2.05, 4.69) is 0 Å². The quantitative estimate of drug-likeness (QED) is 0.822. The smallest absolute Gasteiger partial charge is 0.341 e. The number of aromatic carboxylic acids is 1. The molecule has 0 fully saturated rings. The van der Waals surface area contributed by atoms with Crippen LogP contribution in [-0.4, -0.2) is 50.7 Å². The Bertz CT molecular complexity index is 908. The molecule has 0 unspecified atom stereocenters. The molecule has 8 heteroatoms. The molecule has 0 aromatic carbocycles. The summed E-state index contributed by atoms with van der Waals surface area (Å²) in [6, 6.07) is 0. The minimum Gasteiger partial charge on any atom is -0.503 e. The van der Waals surface area contributed by atoms with Gasteiger partial charge in [-0.1, -0.05) is 13.8 Å². The summed E-state index contributed by atoms with van der Waals surface area (Å²) < 4.78 is 2.58. The highest BCUT2D eigenvalue weighted by Crippen LogP contribution is 2.19. The van der Waals surface area contributed by atoms with E-state index in [-0.39, 0.29) is 10.9 Å². The highest BCUT2D eigenvalue weighted by atomic mass is 16.4. The molecule has 0 saturated heterocycles. The second-order valence-corrected chi connectivity index (χ2v) is 6.91. The van der Waals surface area contributed by atoms with Crippen molar-refractivity contribution < 1.29 is 15.0 Å². The van der Waals surface area contributed by atoms with Gasteiger partial charge in [0.1, 0.15) is 5.56 Å². The zero-order valence-electron chi connectivity index (χ0n) is 14.1. The van der Waals surface area contributed by atoms with Gasteiger partial charge in [0.15, 0.2) is 11.3 Å². The van der Waals surface area contributed by atoms with Crippen LogP contribution in [0.2, 0.25) is 0 Å². The number of hydrogen-bond donors (Lipinski definition) is 2. The van der Waals surface area contributed by atoms with Gasteiger partial charge in [-0.15, -0.1) is 0 Å². The number of fused-ring (bicyclic) bond motifs is 1. The van der Waals surface area contributed by atoms with Gasteiger partial charge in [-0.3, -0.25) is 9.59 Å². The average molecular weight is 335 g/mol. The molecular weight excluding hydrogens is 314 g/mol. The van der Waals surface area contributed by atoms with Crippen LogP contribution in [0, 0.1) is 5.41 Å². The van der Waals surface area contributed by atoms with E-state index in [0.29, 0.717) is 6.54 Å². The van der Waals surface area contributed by atoms with Crippen LogP contribution in [0.5, 0.6) is 5.75 Å². The van der Waals surface area contributed by atoms with Gasteiger partial charge < -0.3 is 24.1 Å². The zero-order valence-corrected chi connectivity index (χ0v) is 14.1. The molecule has 0 aliphatic carbocycles. The second-order valence-electron chi connectivity index (χ2n) is 6.91. The fourth-order valence-corrected chi connectivity index (χ4v) is 2.95. The van der Waals surface area contributed by atoms with Gasteiger partial charge in [0.2, 0.25) is 5.43 Å². The number of pyridine rings is 1. The number of nitrogens with zero attached hydrogens (tertiary/aromatic N) is 3. The third-order valence-electron chi connectivity index (χ3n) is 3.65. The Morgan fingerprint density at radius 3 is 2.42 bits per heavy atom. The number of carboxylic acids is 1.